The maximum Gasteiger partial charge on any atom is 0.270 e. The Labute approximate surface area is 150 Å². The number of benzene rings is 2. The van der Waals surface area contributed by atoms with Crippen LogP contribution in [0, 0.1) is 10.1 Å². The molecule has 1 atom stereocenters. The molecule has 1 N–H and O–H groups in total. The molecule has 1 fully saturated rings. The molecule has 0 amide bonds. The number of nitro groups is 1. The highest BCUT2D eigenvalue weighted by Crippen LogP contribution is 2.33. The minimum Gasteiger partial charge on any atom is -0.313 e. The highest BCUT2D eigenvalue weighted by Gasteiger charge is 2.35. The summed E-state index contributed by atoms with van der Waals surface area (Å²) in [7, 11) is -3.90. The number of hydrogen-bond acceptors (Lipinski definition) is 5. The molecule has 132 valence electrons. The van der Waals surface area contributed by atoms with E-state index in [4.69, 9.17) is 11.6 Å². The second-order valence-electron chi connectivity index (χ2n) is 5.61. The van der Waals surface area contributed by atoms with E-state index in [-0.39, 0.29) is 17.1 Å². The van der Waals surface area contributed by atoms with E-state index in [1.807, 2.05) is 0 Å². The topological polar surface area (TPSA) is 92.5 Å². The molecule has 2 aromatic carbocycles. The van der Waals surface area contributed by atoms with Gasteiger partial charge in [-0.2, -0.15) is 4.31 Å². The van der Waals surface area contributed by atoms with Crippen LogP contribution in [0.3, 0.4) is 0 Å². The van der Waals surface area contributed by atoms with Crippen LogP contribution in [0.5, 0.6) is 0 Å². The van der Waals surface area contributed by atoms with Gasteiger partial charge >= 0.3 is 0 Å². The van der Waals surface area contributed by atoms with Crippen molar-refractivity contribution in [3.05, 3.63) is 69.2 Å². The normalized spacial score (nSPS) is 18.8. The smallest absolute Gasteiger partial charge is 0.270 e. The summed E-state index contributed by atoms with van der Waals surface area (Å²) in [4.78, 5) is 10.3. The first kappa shape index (κ1) is 17.8. The van der Waals surface area contributed by atoms with E-state index < -0.39 is 21.0 Å². The summed E-state index contributed by atoms with van der Waals surface area (Å²) in [5.74, 6) is 0. The van der Waals surface area contributed by atoms with Crippen molar-refractivity contribution in [1.29, 1.82) is 0 Å². The van der Waals surface area contributed by atoms with Crippen LogP contribution >= 0.6 is 11.6 Å². The van der Waals surface area contributed by atoms with Gasteiger partial charge in [-0.1, -0.05) is 35.9 Å². The van der Waals surface area contributed by atoms with Crippen molar-refractivity contribution < 1.29 is 13.3 Å². The summed E-state index contributed by atoms with van der Waals surface area (Å²) in [6.07, 6.45) is 0. The molecule has 1 unspecified atom stereocenters. The van der Waals surface area contributed by atoms with Crippen LogP contribution in [-0.4, -0.2) is 37.3 Å². The Morgan fingerprint density at radius 2 is 1.96 bits per heavy atom. The Morgan fingerprint density at radius 1 is 1.20 bits per heavy atom. The first-order chi connectivity index (χ1) is 11.9. The quantitative estimate of drug-likeness (QED) is 0.649. The number of nitro benzene ring substituents is 1. The highest BCUT2D eigenvalue weighted by molar-refractivity contribution is 7.89. The zero-order valence-corrected chi connectivity index (χ0v) is 14.7. The average Bonchev–Trinajstić information content (AvgIpc) is 2.62. The Balaban J connectivity index is 2.03. The summed E-state index contributed by atoms with van der Waals surface area (Å²) in [5.41, 5.74) is 0.441. The van der Waals surface area contributed by atoms with Crippen LogP contribution in [0.4, 0.5) is 5.69 Å². The van der Waals surface area contributed by atoms with Crippen LogP contribution < -0.4 is 5.32 Å². The van der Waals surface area contributed by atoms with Gasteiger partial charge in [0.25, 0.3) is 5.69 Å². The van der Waals surface area contributed by atoms with Gasteiger partial charge in [-0.25, -0.2) is 8.42 Å². The third-order valence-electron chi connectivity index (χ3n) is 4.09. The van der Waals surface area contributed by atoms with Gasteiger partial charge < -0.3 is 5.32 Å². The fraction of sp³-hybridized carbons (Fsp3) is 0.250. The standard InChI is InChI=1S/C16H16ClN3O4S/c17-15-7-2-1-6-14(15)16-11-18-8-9-19(16)25(23,24)13-5-3-4-12(10-13)20(21)22/h1-7,10,16,18H,8-9,11H2. The van der Waals surface area contributed by atoms with Crippen molar-refractivity contribution in [2.75, 3.05) is 19.6 Å². The first-order valence-corrected chi connectivity index (χ1v) is 9.44. The first-order valence-electron chi connectivity index (χ1n) is 7.62. The number of piperazine rings is 1. The summed E-state index contributed by atoms with van der Waals surface area (Å²) in [5, 5.41) is 14.6. The largest absolute Gasteiger partial charge is 0.313 e. The summed E-state index contributed by atoms with van der Waals surface area (Å²) >= 11 is 6.25. The number of non-ortho nitro benzene ring substituents is 1. The lowest BCUT2D eigenvalue weighted by molar-refractivity contribution is -0.385. The van der Waals surface area contributed by atoms with Crippen LogP contribution in [0.25, 0.3) is 0 Å². The molecule has 0 saturated carbocycles. The second kappa shape index (κ2) is 7.09. The Kier molecular flexibility index (Phi) is 5.05. The lowest BCUT2D eigenvalue weighted by atomic mass is 10.1. The van der Waals surface area contributed by atoms with Crippen molar-refractivity contribution in [2.24, 2.45) is 0 Å². The fourth-order valence-corrected chi connectivity index (χ4v) is 4.78. The van der Waals surface area contributed by atoms with Crippen molar-refractivity contribution in [3.8, 4) is 0 Å². The van der Waals surface area contributed by atoms with Crippen LogP contribution in [0.2, 0.25) is 5.02 Å². The average molecular weight is 382 g/mol. The Morgan fingerprint density at radius 3 is 2.68 bits per heavy atom. The number of halogens is 1. The number of rotatable bonds is 4. The highest BCUT2D eigenvalue weighted by atomic mass is 35.5. The maximum atomic E-state index is 13.1. The molecule has 3 rings (SSSR count). The molecule has 0 radical (unpaired) electrons. The van der Waals surface area contributed by atoms with Gasteiger partial charge in [-0.3, -0.25) is 10.1 Å². The third kappa shape index (κ3) is 3.52. The number of hydrogen-bond donors (Lipinski definition) is 1. The molecule has 25 heavy (non-hydrogen) atoms. The molecule has 7 nitrogen and oxygen atoms in total. The molecule has 0 bridgehead atoms. The minimum absolute atomic E-state index is 0.0966. The predicted octanol–water partition coefficient (Wildman–Crippen LogP) is 2.58. The second-order valence-corrected chi connectivity index (χ2v) is 7.91. The van der Waals surface area contributed by atoms with E-state index in [1.54, 1.807) is 24.3 Å². The Bertz CT molecular complexity index is 904. The van der Waals surface area contributed by atoms with Crippen molar-refractivity contribution in [3.63, 3.8) is 0 Å². The molecule has 1 aliphatic rings. The molecule has 2 aromatic rings. The van der Waals surface area contributed by atoms with Crippen molar-refractivity contribution >= 4 is 27.3 Å². The number of sulfonamides is 1. The minimum atomic E-state index is -3.90. The van der Waals surface area contributed by atoms with Gasteiger partial charge in [-0.15, -0.1) is 0 Å². The third-order valence-corrected chi connectivity index (χ3v) is 6.34. The molecule has 1 heterocycles. The molecular formula is C16H16ClN3O4S. The van der Waals surface area contributed by atoms with Gasteiger partial charge in [0.2, 0.25) is 10.0 Å². The fourth-order valence-electron chi connectivity index (χ4n) is 2.88. The zero-order chi connectivity index (χ0) is 18.0. The van der Waals surface area contributed by atoms with Crippen molar-refractivity contribution in [2.45, 2.75) is 10.9 Å². The van der Waals surface area contributed by atoms with Gasteiger partial charge in [-0.05, 0) is 17.7 Å². The summed E-state index contributed by atoms with van der Waals surface area (Å²) in [6.45, 7) is 1.16. The monoisotopic (exact) mass is 381 g/mol. The molecule has 0 spiro atoms. The van der Waals surface area contributed by atoms with Crippen LogP contribution in [0.15, 0.2) is 53.4 Å². The number of nitrogens with zero attached hydrogens (tertiary/aromatic N) is 2. The summed E-state index contributed by atoms with van der Waals surface area (Å²) < 4.78 is 27.5. The van der Waals surface area contributed by atoms with E-state index in [0.717, 1.165) is 6.07 Å². The van der Waals surface area contributed by atoms with E-state index >= 15 is 0 Å². The van der Waals surface area contributed by atoms with E-state index in [2.05, 4.69) is 5.32 Å². The van der Waals surface area contributed by atoms with Gasteiger partial charge in [0.1, 0.15) is 0 Å². The van der Waals surface area contributed by atoms with E-state index in [0.29, 0.717) is 23.7 Å². The Hall–Kier alpha value is -2.00. The van der Waals surface area contributed by atoms with Gasteiger partial charge in [0, 0.05) is 36.8 Å². The SMILES string of the molecule is O=[N+]([O-])c1cccc(S(=O)(=O)N2CCNCC2c2ccccc2Cl)c1. The summed E-state index contributed by atoms with van der Waals surface area (Å²) in [6, 6.07) is 11.7. The molecular weight excluding hydrogens is 366 g/mol. The predicted molar refractivity (Wildman–Crippen MR) is 94.1 cm³/mol. The van der Waals surface area contributed by atoms with Crippen molar-refractivity contribution in [1.82, 2.24) is 9.62 Å². The van der Waals surface area contributed by atoms with Crippen LogP contribution in [0.1, 0.15) is 11.6 Å². The molecule has 1 saturated heterocycles. The zero-order valence-electron chi connectivity index (χ0n) is 13.1. The lowest BCUT2D eigenvalue weighted by Gasteiger charge is -2.35. The molecule has 0 aromatic heterocycles. The van der Waals surface area contributed by atoms with Crippen LogP contribution in [-0.2, 0) is 10.0 Å². The number of nitrogens with one attached hydrogen (secondary N) is 1. The van der Waals surface area contributed by atoms with E-state index in [1.165, 1.54) is 22.5 Å². The maximum absolute atomic E-state index is 13.1. The molecule has 1 aliphatic heterocycles. The van der Waals surface area contributed by atoms with E-state index in [9.17, 15) is 18.5 Å². The molecule has 0 aliphatic carbocycles. The lowest BCUT2D eigenvalue weighted by Crippen LogP contribution is -2.48. The molecule has 9 heteroatoms. The van der Waals surface area contributed by atoms with Gasteiger partial charge in [0.15, 0.2) is 0 Å². The van der Waals surface area contributed by atoms with Gasteiger partial charge in [0.05, 0.1) is 15.9 Å².